The van der Waals surface area contributed by atoms with E-state index in [1.54, 1.807) is 0 Å². The van der Waals surface area contributed by atoms with Crippen LogP contribution < -0.4 is 5.32 Å². The van der Waals surface area contributed by atoms with E-state index >= 15 is 0 Å². The molecule has 0 bridgehead atoms. The van der Waals surface area contributed by atoms with E-state index in [1.165, 1.54) is 45.3 Å². The minimum atomic E-state index is 0.634. The molecule has 0 radical (unpaired) electrons. The molecular formula is C9H19N2+. The number of rotatable bonds is 0. The van der Waals surface area contributed by atoms with Crippen LogP contribution in [0.2, 0.25) is 0 Å². The summed E-state index contributed by atoms with van der Waals surface area (Å²) >= 11 is 0. The largest absolute Gasteiger partial charge is 0.346 e. The predicted molar refractivity (Wildman–Crippen MR) is 45.5 cm³/mol. The van der Waals surface area contributed by atoms with Crippen LogP contribution in [0.4, 0.5) is 0 Å². The van der Waals surface area contributed by atoms with Crippen molar-refractivity contribution in [3.8, 4) is 0 Å². The number of piperidine rings is 1. The summed E-state index contributed by atoms with van der Waals surface area (Å²) in [5, 5.41) is 2.46. The van der Waals surface area contributed by atoms with Gasteiger partial charge in [-0.25, -0.2) is 0 Å². The van der Waals surface area contributed by atoms with Crippen molar-refractivity contribution in [3.63, 3.8) is 0 Å². The van der Waals surface area contributed by atoms with Crippen LogP contribution in [0.3, 0.4) is 0 Å². The van der Waals surface area contributed by atoms with E-state index in [9.17, 15) is 0 Å². The highest BCUT2D eigenvalue weighted by Gasteiger charge is 2.40. The van der Waals surface area contributed by atoms with Crippen LogP contribution in [-0.2, 0) is 0 Å². The minimum Gasteiger partial charge on any atom is -0.346 e. The molecule has 0 saturated carbocycles. The lowest BCUT2D eigenvalue weighted by Crippen LogP contribution is -2.88. The summed E-state index contributed by atoms with van der Waals surface area (Å²) in [5.41, 5.74) is 0.634. The molecule has 11 heavy (non-hydrogen) atoms. The van der Waals surface area contributed by atoms with Gasteiger partial charge in [0.05, 0.1) is 13.1 Å². The summed E-state index contributed by atoms with van der Waals surface area (Å²) in [5.74, 6) is 0. The van der Waals surface area contributed by atoms with Gasteiger partial charge in [0.25, 0.3) is 0 Å². The van der Waals surface area contributed by atoms with Gasteiger partial charge in [-0.15, -0.1) is 0 Å². The van der Waals surface area contributed by atoms with Crippen LogP contribution in [0, 0.1) is 0 Å². The Labute approximate surface area is 69.0 Å². The molecule has 2 heterocycles. The van der Waals surface area contributed by atoms with Crippen LogP contribution >= 0.6 is 0 Å². The molecule has 0 aromatic carbocycles. The minimum absolute atomic E-state index is 0.634. The van der Waals surface area contributed by atoms with E-state index in [0.717, 1.165) is 0 Å². The lowest BCUT2D eigenvalue weighted by molar-refractivity contribution is -0.666. The normalized spacial score (nSPS) is 31.4. The molecule has 0 atom stereocenters. The Bertz CT molecular complexity index is 138. The van der Waals surface area contributed by atoms with E-state index in [2.05, 4.69) is 17.3 Å². The average Bonchev–Trinajstić information content (AvgIpc) is 2.36. The van der Waals surface area contributed by atoms with Gasteiger partial charge in [0.15, 0.2) is 0 Å². The molecule has 2 aliphatic heterocycles. The van der Waals surface area contributed by atoms with Crippen LogP contribution in [-0.4, -0.2) is 37.1 Å². The van der Waals surface area contributed by atoms with Crippen molar-refractivity contribution in [3.05, 3.63) is 0 Å². The van der Waals surface area contributed by atoms with Crippen molar-refractivity contribution in [2.75, 3.05) is 26.7 Å². The van der Waals surface area contributed by atoms with Crippen LogP contribution in [0.25, 0.3) is 0 Å². The number of hydrogen-bond donors (Lipinski definition) is 1. The first-order valence-corrected chi connectivity index (χ1v) is 4.86. The fourth-order valence-electron chi connectivity index (χ4n) is 2.72. The maximum Gasteiger partial charge on any atom is 0.0773 e. The van der Waals surface area contributed by atoms with Gasteiger partial charge in [-0.3, -0.25) is 0 Å². The van der Waals surface area contributed by atoms with Crippen molar-refractivity contribution in [2.24, 2.45) is 0 Å². The van der Waals surface area contributed by atoms with Crippen molar-refractivity contribution in [1.82, 2.24) is 4.90 Å². The quantitative estimate of drug-likeness (QED) is 0.514. The number of nitrogens with two attached hydrogens (primary N) is 1. The summed E-state index contributed by atoms with van der Waals surface area (Å²) < 4.78 is 0. The molecule has 2 nitrogen and oxygen atoms in total. The van der Waals surface area contributed by atoms with E-state index in [1.807, 2.05) is 0 Å². The topological polar surface area (TPSA) is 19.9 Å². The number of hydrogen-bond acceptors (Lipinski definition) is 1. The van der Waals surface area contributed by atoms with Gasteiger partial charge < -0.3 is 10.2 Å². The molecule has 0 amide bonds. The zero-order valence-corrected chi connectivity index (χ0v) is 7.47. The smallest absolute Gasteiger partial charge is 0.0773 e. The Morgan fingerprint density at radius 3 is 2.45 bits per heavy atom. The third-order valence-corrected chi connectivity index (χ3v) is 3.57. The third kappa shape index (κ3) is 1.18. The summed E-state index contributed by atoms with van der Waals surface area (Å²) in [7, 11) is 2.30. The van der Waals surface area contributed by atoms with Crippen molar-refractivity contribution in [1.29, 1.82) is 0 Å². The van der Waals surface area contributed by atoms with E-state index in [-0.39, 0.29) is 0 Å². The Hall–Kier alpha value is -0.0800. The van der Waals surface area contributed by atoms with Gasteiger partial charge in [0.1, 0.15) is 0 Å². The first-order chi connectivity index (χ1) is 5.33. The number of nitrogens with zero attached hydrogens (tertiary/aromatic N) is 1. The van der Waals surface area contributed by atoms with Gasteiger partial charge in [-0.1, -0.05) is 0 Å². The second-order valence-electron chi connectivity index (χ2n) is 4.12. The molecule has 0 aromatic heterocycles. The maximum atomic E-state index is 2.60. The third-order valence-electron chi connectivity index (χ3n) is 3.57. The standard InChI is InChI=1S/C9H18N2/c1-11-8-2-3-9(11)4-6-10-7-5-9/h10H,2-8H2,1H3/p+1. The van der Waals surface area contributed by atoms with Crippen molar-refractivity contribution >= 4 is 0 Å². The first-order valence-electron chi connectivity index (χ1n) is 4.86. The van der Waals surface area contributed by atoms with E-state index in [0.29, 0.717) is 5.54 Å². The van der Waals surface area contributed by atoms with E-state index in [4.69, 9.17) is 0 Å². The molecule has 2 aliphatic rings. The van der Waals surface area contributed by atoms with E-state index < -0.39 is 0 Å². The highest BCUT2D eigenvalue weighted by Crippen LogP contribution is 2.33. The van der Waals surface area contributed by atoms with Gasteiger partial charge in [0, 0.05) is 18.4 Å². The Kier molecular flexibility index (Phi) is 1.90. The van der Waals surface area contributed by atoms with Crippen molar-refractivity contribution < 1.29 is 5.32 Å². The van der Waals surface area contributed by atoms with Gasteiger partial charge in [-0.2, -0.15) is 0 Å². The number of likely N-dealkylation sites (tertiary alicyclic amines) is 1. The molecule has 2 fully saturated rings. The van der Waals surface area contributed by atoms with Gasteiger partial charge in [-0.05, 0) is 26.4 Å². The zero-order chi connectivity index (χ0) is 7.73. The zero-order valence-electron chi connectivity index (χ0n) is 7.47. The second kappa shape index (κ2) is 2.76. The molecular weight excluding hydrogens is 136 g/mol. The highest BCUT2D eigenvalue weighted by molar-refractivity contribution is 4.94. The second-order valence-corrected chi connectivity index (χ2v) is 4.12. The SMILES string of the molecule is CN1CCCC12CC[NH2+]CC2. The van der Waals surface area contributed by atoms with Crippen LogP contribution in [0.1, 0.15) is 25.7 Å². The lowest BCUT2D eigenvalue weighted by atomic mass is 9.86. The first kappa shape index (κ1) is 7.56. The van der Waals surface area contributed by atoms with Crippen LogP contribution in [0.15, 0.2) is 0 Å². The monoisotopic (exact) mass is 155 g/mol. The Balaban J connectivity index is 2.06. The molecule has 0 aliphatic carbocycles. The molecule has 2 heteroatoms. The summed E-state index contributed by atoms with van der Waals surface area (Å²) in [4.78, 5) is 2.60. The summed E-state index contributed by atoms with van der Waals surface area (Å²) in [6.07, 6.45) is 5.72. The molecule has 1 spiro atoms. The summed E-state index contributed by atoms with van der Waals surface area (Å²) in [6, 6.07) is 0. The predicted octanol–water partition coefficient (Wildman–Crippen LogP) is -0.192. The average molecular weight is 155 g/mol. The lowest BCUT2D eigenvalue weighted by Gasteiger charge is -2.38. The highest BCUT2D eigenvalue weighted by atomic mass is 15.2. The molecule has 2 rings (SSSR count). The molecule has 2 saturated heterocycles. The van der Waals surface area contributed by atoms with Crippen molar-refractivity contribution in [2.45, 2.75) is 31.2 Å². The Morgan fingerprint density at radius 1 is 1.18 bits per heavy atom. The van der Waals surface area contributed by atoms with Gasteiger partial charge in [0.2, 0.25) is 0 Å². The summed E-state index contributed by atoms with van der Waals surface area (Å²) in [6.45, 7) is 4.04. The van der Waals surface area contributed by atoms with Crippen LogP contribution in [0.5, 0.6) is 0 Å². The molecule has 0 unspecified atom stereocenters. The number of quaternary nitrogens is 1. The maximum absolute atomic E-state index is 2.60. The molecule has 64 valence electrons. The fraction of sp³-hybridized carbons (Fsp3) is 1.00. The fourth-order valence-corrected chi connectivity index (χ4v) is 2.72. The molecule has 2 N–H and O–H groups in total. The Morgan fingerprint density at radius 2 is 1.91 bits per heavy atom. The van der Waals surface area contributed by atoms with Gasteiger partial charge >= 0.3 is 0 Å². The molecule has 0 aromatic rings.